The molecule has 0 saturated carbocycles. The van der Waals surface area contributed by atoms with Crippen molar-refractivity contribution in [3.63, 3.8) is 0 Å². The number of furan rings is 1. The van der Waals surface area contributed by atoms with Crippen molar-refractivity contribution in [3.05, 3.63) is 89.9 Å². The van der Waals surface area contributed by atoms with E-state index in [1.807, 2.05) is 24.3 Å². The minimum atomic E-state index is 0.282. The van der Waals surface area contributed by atoms with Crippen molar-refractivity contribution in [3.8, 4) is 5.75 Å². The van der Waals surface area contributed by atoms with E-state index in [0.717, 1.165) is 31.0 Å². The zero-order valence-electron chi connectivity index (χ0n) is 13.9. The maximum Gasteiger partial charge on any atom is 0.118 e. The molecule has 3 aromatic rings. The van der Waals surface area contributed by atoms with Gasteiger partial charge in [-0.05, 0) is 48.4 Å². The molecule has 0 bridgehead atoms. The fraction of sp³-hybridized carbons (Fsp3) is 0.238. The summed E-state index contributed by atoms with van der Waals surface area (Å²) in [4.78, 5) is 0. The highest BCUT2D eigenvalue weighted by Gasteiger charge is 2.16. The summed E-state index contributed by atoms with van der Waals surface area (Å²) in [6, 6.07) is 22.7. The van der Waals surface area contributed by atoms with E-state index in [0.29, 0.717) is 0 Å². The van der Waals surface area contributed by atoms with Gasteiger partial charge in [0, 0.05) is 12.5 Å². The maximum atomic E-state index is 5.65. The van der Waals surface area contributed by atoms with Crippen LogP contribution in [0, 0.1) is 0 Å². The first-order valence-electron chi connectivity index (χ1n) is 8.29. The molecule has 1 aromatic heterocycles. The van der Waals surface area contributed by atoms with Gasteiger partial charge in [0.05, 0.1) is 13.4 Å². The Kier molecular flexibility index (Phi) is 5.70. The average Bonchev–Trinajstić information content (AvgIpc) is 3.17. The molecule has 0 unspecified atom stereocenters. The molecule has 1 heterocycles. The molecular weight excluding hydrogens is 298 g/mol. The molecule has 1 N–H and O–H groups in total. The van der Waals surface area contributed by atoms with Crippen molar-refractivity contribution in [1.29, 1.82) is 0 Å². The second-order valence-electron chi connectivity index (χ2n) is 5.79. The number of hydrogen-bond acceptors (Lipinski definition) is 3. The highest BCUT2D eigenvalue weighted by Crippen LogP contribution is 2.27. The number of rotatable bonds is 8. The van der Waals surface area contributed by atoms with Crippen LogP contribution in [0.5, 0.6) is 5.75 Å². The molecule has 0 amide bonds. The van der Waals surface area contributed by atoms with E-state index in [9.17, 15) is 0 Å². The fourth-order valence-corrected chi connectivity index (χ4v) is 2.87. The van der Waals surface area contributed by atoms with E-state index in [1.165, 1.54) is 11.1 Å². The molecule has 24 heavy (non-hydrogen) atoms. The zero-order valence-corrected chi connectivity index (χ0v) is 13.9. The summed E-state index contributed by atoms with van der Waals surface area (Å²) in [6.45, 7) is 1.77. The quantitative estimate of drug-likeness (QED) is 0.616. The van der Waals surface area contributed by atoms with E-state index < -0.39 is 0 Å². The number of ether oxygens (including phenoxy) is 1. The number of methoxy groups -OCH3 is 1. The normalized spacial score (nSPS) is 12.0. The van der Waals surface area contributed by atoms with E-state index in [4.69, 9.17) is 9.15 Å². The van der Waals surface area contributed by atoms with Crippen LogP contribution in [0.4, 0.5) is 0 Å². The van der Waals surface area contributed by atoms with Gasteiger partial charge in [0.15, 0.2) is 0 Å². The smallest absolute Gasteiger partial charge is 0.118 e. The van der Waals surface area contributed by atoms with Crippen LogP contribution in [-0.2, 0) is 6.54 Å². The minimum Gasteiger partial charge on any atom is -0.497 e. The van der Waals surface area contributed by atoms with Gasteiger partial charge in [-0.15, -0.1) is 0 Å². The van der Waals surface area contributed by atoms with Gasteiger partial charge in [-0.2, -0.15) is 0 Å². The Balaban J connectivity index is 1.56. The number of benzene rings is 2. The van der Waals surface area contributed by atoms with Gasteiger partial charge in [0.1, 0.15) is 11.5 Å². The topological polar surface area (TPSA) is 34.4 Å². The Morgan fingerprint density at radius 1 is 0.958 bits per heavy atom. The molecule has 3 nitrogen and oxygen atoms in total. The monoisotopic (exact) mass is 321 g/mol. The van der Waals surface area contributed by atoms with Crippen LogP contribution in [0.25, 0.3) is 0 Å². The summed E-state index contributed by atoms with van der Waals surface area (Å²) in [5.41, 5.74) is 2.55. The average molecular weight is 321 g/mol. The van der Waals surface area contributed by atoms with Gasteiger partial charge < -0.3 is 14.5 Å². The summed E-state index contributed by atoms with van der Waals surface area (Å²) in [5, 5.41) is 3.52. The van der Waals surface area contributed by atoms with Gasteiger partial charge in [-0.25, -0.2) is 0 Å². The Morgan fingerprint density at radius 3 is 2.42 bits per heavy atom. The Hall–Kier alpha value is -2.52. The summed E-state index contributed by atoms with van der Waals surface area (Å²) >= 11 is 0. The standard InChI is InChI=1S/C21H23NO2/c1-23-19-11-9-17(10-12-19)16-22-14-13-20(21-8-5-15-24-21)18-6-3-2-4-7-18/h2-12,15,20,22H,13-14,16H2,1H3/t20-/m1/s1. The second kappa shape index (κ2) is 8.37. The molecule has 0 aliphatic heterocycles. The van der Waals surface area contributed by atoms with Crippen LogP contribution in [0.15, 0.2) is 77.4 Å². The van der Waals surface area contributed by atoms with Crippen molar-refractivity contribution in [1.82, 2.24) is 5.32 Å². The number of hydrogen-bond donors (Lipinski definition) is 1. The van der Waals surface area contributed by atoms with Crippen molar-refractivity contribution in [2.75, 3.05) is 13.7 Å². The molecule has 0 spiro atoms. The van der Waals surface area contributed by atoms with Crippen molar-refractivity contribution >= 4 is 0 Å². The van der Waals surface area contributed by atoms with E-state index in [2.05, 4.69) is 47.8 Å². The van der Waals surface area contributed by atoms with Crippen molar-refractivity contribution < 1.29 is 9.15 Å². The first-order valence-corrected chi connectivity index (χ1v) is 8.29. The highest BCUT2D eigenvalue weighted by atomic mass is 16.5. The molecule has 0 radical (unpaired) electrons. The van der Waals surface area contributed by atoms with Crippen molar-refractivity contribution in [2.24, 2.45) is 0 Å². The lowest BCUT2D eigenvalue weighted by atomic mass is 9.93. The van der Waals surface area contributed by atoms with E-state index in [1.54, 1.807) is 13.4 Å². The molecular formula is C21H23NO2. The van der Waals surface area contributed by atoms with Crippen LogP contribution >= 0.6 is 0 Å². The fourth-order valence-electron chi connectivity index (χ4n) is 2.87. The predicted molar refractivity (Wildman–Crippen MR) is 96.3 cm³/mol. The van der Waals surface area contributed by atoms with Gasteiger partial charge >= 0.3 is 0 Å². The third-order valence-electron chi connectivity index (χ3n) is 4.19. The Morgan fingerprint density at radius 2 is 1.75 bits per heavy atom. The lowest BCUT2D eigenvalue weighted by Gasteiger charge is -2.15. The lowest BCUT2D eigenvalue weighted by molar-refractivity contribution is 0.414. The molecule has 2 aromatic carbocycles. The summed E-state index contributed by atoms with van der Waals surface area (Å²) in [5.74, 6) is 2.19. The first kappa shape index (κ1) is 16.3. The SMILES string of the molecule is COc1ccc(CNCC[C@H](c2ccccc2)c2ccco2)cc1. The molecule has 3 heteroatoms. The van der Waals surface area contributed by atoms with Gasteiger partial charge in [0.2, 0.25) is 0 Å². The third kappa shape index (κ3) is 4.27. The minimum absolute atomic E-state index is 0.282. The second-order valence-corrected chi connectivity index (χ2v) is 5.79. The molecule has 0 saturated heterocycles. The van der Waals surface area contributed by atoms with Gasteiger partial charge in [-0.1, -0.05) is 42.5 Å². The summed E-state index contributed by atoms with van der Waals surface area (Å²) in [6.07, 6.45) is 2.74. The Labute approximate surface area is 143 Å². The third-order valence-corrected chi connectivity index (χ3v) is 4.19. The van der Waals surface area contributed by atoms with E-state index >= 15 is 0 Å². The Bertz CT molecular complexity index is 705. The lowest BCUT2D eigenvalue weighted by Crippen LogP contribution is -2.17. The molecule has 3 rings (SSSR count). The maximum absolute atomic E-state index is 5.65. The largest absolute Gasteiger partial charge is 0.497 e. The molecule has 0 aliphatic carbocycles. The molecule has 0 fully saturated rings. The highest BCUT2D eigenvalue weighted by molar-refractivity contribution is 5.28. The molecule has 1 atom stereocenters. The van der Waals surface area contributed by atoms with Crippen LogP contribution in [0.1, 0.15) is 29.2 Å². The number of nitrogens with one attached hydrogen (secondary N) is 1. The zero-order chi connectivity index (χ0) is 16.6. The first-order chi connectivity index (χ1) is 11.9. The molecule has 0 aliphatic rings. The predicted octanol–water partition coefficient (Wildman–Crippen LogP) is 4.60. The summed E-state index contributed by atoms with van der Waals surface area (Å²) < 4.78 is 10.8. The van der Waals surface area contributed by atoms with Crippen LogP contribution in [0.2, 0.25) is 0 Å². The van der Waals surface area contributed by atoms with Crippen LogP contribution < -0.4 is 10.1 Å². The van der Waals surface area contributed by atoms with Crippen LogP contribution in [0.3, 0.4) is 0 Å². The van der Waals surface area contributed by atoms with Crippen molar-refractivity contribution in [2.45, 2.75) is 18.9 Å². The van der Waals surface area contributed by atoms with Gasteiger partial charge in [-0.3, -0.25) is 0 Å². The summed E-state index contributed by atoms with van der Waals surface area (Å²) in [7, 11) is 1.69. The van der Waals surface area contributed by atoms with Gasteiger partial charge in [0.25, 0.3) is 0 Å². The van der Waals surface area contributed by atoms with E-state index in [-0.39, 0.29) is 5.92 Å². The molecule has 124 valence electrons. The van der Waals surface area contributed by atoms with Crippen LogP contribution in [-0.4, -0.2) is 13.7 Å².